The van der Waals surface area contributed by atoms with Gasteiger partial charge in [-0.25, -0.2) is 4.79 Å². The van der Waals surface area contributed by atoms with Crippen LogP contribution in [0, 0.1) is 0 Å². The first-order valence-corrected chi connectivity index (χ1v) is 5.51. The van der Waals surface area contributed by atoms with E-state index in [0.717, 1.165) is 0 Å². The number of ether oxygens (including phenoxy) is 2. The molecule has 6 nitrogen and oxygen atoms in total. The highest BCUT2D eigenvalue weighted by Gasteiger charge is 2.42. The third-order valence-electron chi connectivity index (χ3n) is 2.73. The largest absolute Gasteiger partial charge is 0.459 e. The number of carbonyl (C=O) groups is 1. The van der Waals surface area contributed by atoms with E-state index < -0.39 is 30.6 Å². The van der Waals surface area contributed by atoms with Crippen LogP contribution in [-0.2, 0) is 9.47 Å². The van der Waals surface area contributed by atoms with Gasteiger partial charge in [-0.3, -0.25) is 0 Å². The zero-order valence-corrected chi connectivity index (χ0v) is 9.47. The number of aliphatic hydroxyl groups is 3. The molecule has 1 saturated heterocycles. The highest BCUT2D eigenvalue weighted by atomic mass is 16.7. The van der Waals surface area contributed by atoms with Gasteiger partial charge in [0.05, 0.1) is 5.56 Å². The van der Waals surface area contributed by atoms with Crippen LogP contribution < -0.4 is 0 Å². The number of rotatable bonds is 3. The van der Waals surface area contributed by atoms with Crippen LogP contribution in [0.25, 0.3) is 0 Å². The normalized spacial score (nSPS) is 31.3. The summed E-state index contributed by atoms with van der Waals surface area (Å²) in [5.41, 5.74) is 0.381. The fourth-order valence-electron chi connectivity index (χ4n) is 1.68. The molecule has 0 aromatic heterocycles. The standard InChI is InChI=1S/C12H14O6/c13-9-8(18-12(16)10(9)14)6-17-11(15)7-4-2-1-3-5-7/h1-5,8-10,12-14,16H,6H2/t8-,9-,10+,12?/m1/s1. The monoisotopic (exact) mass is 254 g/mol. The lowest BCUT2D eigenvalue weighted by molar-refractivity contribution is -0.133. The fourth-order valence-corrected chi connectivity index (χ4v) is 1.68. The first-order chi connectivity index (χ1) is 8.59. The predicted molar refractivity (Wildman–Crippen MR) is 59.6 cm³/mol. The lowest BCUT2D eigenvalue weighted by Crippen LogP contribution is -2.34. The Kier molecular flexibility index (Phi) is 3.93. The van der Waals surface area contributed by atoms with Gasteiger partial charge in [-0.2, -0.15) is 0 Å². The van der Waals surface area contributed by atoms with E-state index in [1.54, 1.807) is 30.3 Å². The maximum atomic E-state index is 11.6. The molecule has 3 N–H and O–H groups in total. The fraction of sp³-hybridized carbons (Fsp3) is 0.417. The third kappa shape index (κ3) is 2.68. The summed E-state index contributed by atoms with van der Waals surface area (Å²) < 4.78 is 9.78. The highest BCUT2D eigenvalue weighted by Crippen LogP contribution is 2.20. The number of aliphatic hydroxyl groups excluding tert-OH is 3. The zero-order valence-electron chi connectivity index (χ0n) is 9.47. The number of hydrogen-bond acceptors (Lipinski definition) is 6. The highest BCUT2D eigenvalue weighted by molar-refractivity contribution is 5.89. The van der Waals surface area contributed by atoms with E-state index in [-0.39, 0.29) is 6.61 Å². The molecule has 1 unspecified atom stereocenters. The molecule has 2 rings (SSSR count). The van der Waals surface area contributed by atoms with E-state index >= 15 is 0 Å². The average molecular weight is 254 g/mol. The Bertz CT molecular complexity index is 406. The molecule has 1 aliphatic rings. The molecule has 6 heteroatoms. The van der Waals surface area contributed by atoms with Crippen LogP contribution in [0.3, 0.4) is 0 Å². The van der Waals surface area contributed by atoms with Crippen LogP contribution in [0.5, 0.6) is 0 Å². The second-order valence-electron chi connectivity index (χ2n) is 4.01. The molecule has 0 aliphatic carbocycles. The van der Waals surface area contributed by atoms with Crippen LogP contribution in [0.15, 0.2) is 30.3 Å². The maximum absolute atomic E-state index is 11.6. The van der Waals surface area contributed by atoms with Crippen molar-refractivity contribution in [3.05, 3.63) is 35.9 Å². The Labute approximate surface area is 103 Å². The Hall–Kier alpha value is -1.47. The van der Waals surface area contributed by atoms with Crippen molar-refractivity contribution in [1.29, 1.82) is 0 Å². The molecule has 98 valence electrons. The van der Waals surface area contributed by atoms with Crippen molar-refractivity contribution < 1.29 is 29.6 Å². The van der Waals surface area contributed by atoms with Gasteiger partial charge in [-0.1, -0.05) is 18.2 Å². The number of esters is 1. The van der Waals surface area contributed by atoms with E-state index in [1.165, 1.54) is 0 Å². The molecule has 4 atom stereocenters. The lowest BCUT2D eigenvalue weighted by atomic mass is 10.1. The van der Waals surface area contributed by atoms with Gasteiger partial charge in [0, 0.05) is 0 Å². The van der Waals surface area contributed by atoms with Crippen molar-refractivity contribution in [2.45, 2.75) is 24.6 Å². The minimum absolute atomic E-state index is 0.233. The first kappa shape index (κ1) is 13.0. The van der Waals surface area contributed by atoms with Crippen LogP contribution in [0.1, 0.15) is 10.4 Å². The van der Waals surface area contributed by atoms with Gasteiger partial charge in [0.15, 0.2) is 6.29 Å². The van der Waals surface area contributed by atoms with Crippen LogP contribution >= 0.6 is 0 Å². The molecule has 1 aromatic carbocycles. The van der Waals surface area contributed by atoms with Crippen LogP contribution in [0.4, 0.5) is 0 Å². The summed E-state index contributed by atoms with van der Waals surface area (Å²) in [4.78, 5) is 11.6. The van der Waals surface area contributed by atoms with Crippen molar-refractivity contribution in [2.75, 3.05) is 6.61 Å². The van der Waals surface area contributed by atoms with Crippen LogP contribution in [-0.4, -0.2) is 52.5 Å². The minimum Gasteiger partial charge on any atom is -0.459 e. The molecule has 1 fully saturated rings. The number of hydrogen-bond donors (Lipinski definition) is 3. The molecule has 0 spiro atoms. The van der Waals surface area contributed by atoms with Crippen LogP contribution in [0.2, 0.25) is 0 Å². The molecule has 1 heterocycles. The summed E-state index contributed by atoms with van der Waals surface area (Å²) in [5, 5.41) is 27.9. The molecular formula is C12H14O6. The summed E-state index contributed by atoms with van der Waals surface area (Å²) in [6.45, 7) is -0.233. The van der Waals surface area contributed by atoms with Crippen molar-refractivity contribution in [1.82, 2.24) is 0 Å². The molecule has 0 saturated carbocycles. The third-order valence-corrected chi connectivity index (χ3v) is 2.73. The SMILES string of the molecule is O=C(OC[C@H]1OC(O)[C@@H](O)[C@@H]1O)c1ccccc1. The lowest BCUT2D eigenvalue weighted by Gasteiger charge is -2.14. The predicted octanol–water partition coefficient (Wildman–Crippen LogP) is -0.718. The topological polar surface area (TPSA) is 96.2 Å². The van der Waals surface area contributed by atoms with Gasteiger partial charge in [-0.05, 0) is 12.1 Å². The van der Waals surface area contributed by atoms with Crippen molar-refractivity contribution in [3.8, 4) is 0 Å². The molecule has 0 bridgehead atoms. The van der Waals surface area contributed by atoms with Crippen molar-refractivity contribution in [2.24, 2.45) is 0 Å². The Morgan fingerprint density at radius 3 is 2.39 bits per heavy atom. The van der Waals surface area contributed by atoms with Gasteiger partial charge in [0.1, 0.15) is 24.9 Å². The molecule has 18 heavy (non-hydrogen) atoms. The smallest absolute Gasteiger partial charge is 0.338 e. The quantitative estimate of drug-likeness (QED) is 0.616. The molecule has 1 aromatic rings. The summed E-state index contributed by atoms with van der Waals surface area (Å²) in [5.74, 6) is -0.553. The second-order valence-corrected chi connectivity index (χ2v) is 4.01. The molecule has 1 aliphatic heterocycles. The summed E-state index contributed by atoms with van der Waals surface area (Å²) in [7, 11) is 0. The van der Waals surface area contributed by atoms with Gasteiger partial charge in [0.25, 0.3) is 0 Å². The number of carbonyl (C=O) groups excluding carboxylic acids is 1. The molecule has 0 radical (unpaired) electrons. The van der Waals surface area contributed by atoms with Gasteiger partial charge in [0.2, 0.25) is 0 Å². The minimum atomic E-state index is -1.46. The van der Waals surface area contributed by atoms with Gasteiger partial charge < -0.3 is 24.8 Å². The summed E-state index contributed by atoms with van der Waals surface area (Å²) in [6, 6.07) is 8.36. The van der Waals surface area contributed by atoms with Crippen molar-refractivity contribution >= 4 is 5.97 Å². The van der Waals surface area contributed by atoms with Gasteiger partial charge >= 0.3 is 5.97 Å². The Balaban J connectivity index is 1.88. The summed E-state index contributed by atoms with van der Waals surface area (Å²) in [6.07, 6.45) is -5.04. The van der Waals surface area contributed by atoms with E-state index in [9.17, 15) is 15.0 Å². The Morgan fingerprint density at radius 2 is 1.83 bits per heavy atom. The molecule has 0 amide bonds. The second kappa shape index (κ2) is 5.45. The maximum Gasteiger partial charge on any atom is 0.338 e. The van der Waals surface area contributed by atoms with Gasteiger partial charge in [-0.15, -0.1) is 0 Å². The Morgan fingerprint density at radius 1 is 1.17 bits per heavy atom. The molecular weight excluding hydrogens is 240 g/mol. The zero-order chi connectivity index (χ0) is 13.1. The first-order valence-electron chi connectivity index (χ1n) is 5.51. The number of benzene rings is 1. The van der Waals surface area contributed by atoms with E-state index in [2.05, 4.69) is 0 Å². The van der Waals surface area contributed by atoms with E-state index in [0.29, 0.717) is 5.56 Å². The summed E-state index contributed by atoms with van der Waals surface area (Å²) >= 11 is 0. The van der Waals surface area contributed by atoms with Crippen molar-refractivity contribution in [3.63, 3.8) is 0 Å². The average Bonchev–Trinajstić information content (AvgIpc) is 2.64. The van der Waals surface area contributed by atoms with E-state index in [1.807, 2.05) is 0 Å². The van der Waals surface area contributed by atoms with E-state index in [4.69, 9.17) is 14.6 Å².